The van der Waals surface area contributed by atoms with Gasteiger partial charge in [-0.2, -0.15) is 0 Å². The van der Waals surface area contributed by atoms with E-state index in [9.17, 15) is 14.7 Å². The lowest BCUT2D eigenvalue weighted by Gasteiger charge is -2.51. The Morgan fingerprint density at radius 3 is 2.52 bits per heavy atom. The third-order valence-corrected chi connectivity index (χ3v) is 5.62. The van der Waals surface area contributed by atoms with Gasteiger partial charge in [0.25, 0.3) is 0 Å². The Hall–Kier alpha value is -1.83. The SMILES string of the molecule is CC1(C)CN(C(=O)C(N)CCCNC(=O)O)CCC1(O)c1ccc(Cl)cc1. The molecule has 5 N–H and O–H groups in total. The van der Waals surface area contributed by atoms with Crippen molar-refractivity contribution in [3.05, 3.63) is 34.9 Å². The monoisotopic (exact) mass is 397 g/mol. The summed E-state index contributed by atoms with van der Waals surface area (Å²) in [4.78, 5) is 24.8. The van der Waals surface area contributed by atoms with Crippen LogP contribution in [0.15, 0.2) is 24.3 Å². The highest BCUT2D eigenvalue weighted by Crippen LogP contribution is 2.46. The summed E-state index contributed by atoms with van der Waals surface area (Å²) in [5, 5.41) is 22.8. The van der Waals surface area contributed by atoms with E-state index in [0.29, 0.717) is 37.4 Å². The minimum Gasteiger partial charge on any atom is -0.465 e. The maximum atomic E-state index is 12.7. The maximum Gasteiger partial charge on any atom is 0.404 e. The number of rotatable bonds is 6. The van der Waals surface area contributed by atoms with Crippen molar-refractivity contribution < 1.29 is 19.8 Å². The smallest absolute Gasteiger partial charge is 0.404 e. The predicted octanol–water partition coefficient (Wildman–Crippen LogP) is 2.16. The molecule has 1 aromatic carbocycles. The topological polar surface area (TPSA) is 116 Å². The highest BCUT2D eigenvalue weighted by molar-refractivity contribution is 6.30. The molecule has 27 heavy (non-hydrogen) atoms. The second-order valence-corrected chi connectivity index (χ2v) is 8.18. The van der Waals surface area contributed by atoms with Gasteiger partial charge in [-0.05, 0) is 37.0 Å². The minimum absolute atomic E-state index is 0.170. The molecule has 150 valence electrons. The first-order valence-electron chi connectivity index (χ1n) is 9.06. The Bertz CT molecular complexity index is 680. The molecule has 2 atom stereocenters. The van der Waals surface area contributed by atoms with Crippen LogP contribution in [0.4, 0.5) is 4.79 Å². The van der Waals surface area contributed by atoms with Crippen molar-refractivity contribution in [2.24, 2.45) is 11.1 Å². The molecule has 1 aromatic rings. The number of aliphatic hydroxyl groups is 1. The molecule has 1 aliphatic heterocycles. The summed E-state index contributed by atoms with van der Waals surface area (Å²) < 4.78 is 0. The number of hydrogen-bond donors (Lipinski definition) is 4. The van der Waals surface area contributed by atoms with E-state index < -0.39 is 23.2 Å². The molecule has 1 saturated heterocycles. The summed E-state index contributed by atoms with van der Waals surface area (Å²) in [5.74, 6) is -0.170. The van der Waals surface area contributed by atoms with Gasteiger partial charge in [0, 0.05) is 30.1 Å². The van der Waals surface area contributed by atoms with Crippen LogP contribution in [0.3, 0.4) is 0 Å². The first-order valence-corrected chi connectivity index (χ1v) is 9.44. The lowest BCUT2D eigenvalue weighted by atomic mass is 9.66. The number of likely N-dealkylation sites (tertiary alicyclic amines) is 1. The van der Waals surface area contributed by atoms with Crippen LogP contribution < -0.4 is 11.1 Å². The number of carbonyl (C=O) groups is 2. The molecule has 0 saturated carbocycles. The molecular weight excluding hydrogens is 370 g/mol. The molecule has 7 nitrogen and oxygen atoms in total. The van der Waals surface area contributed by atoms with Crippen LogP contribution >= 0.6 is 11.6 Å². The molecule has 0 radical (unpaired) electrons. The van der Waals surface area contributed by atoms with Crippen LogP contribution in [0.2, 0.25) is 5.02 Å². The number of nitrogens with one attached hydrogen (secondary N) is 1. The number of carboxylic acid groups (broad SMARTS) is 1. The number of hydrogen-bond acceptors (Lipinski definition) is 4. The minimum atomic E-state index is -1.09. The van der Waals surface area contributed by atoms with Crippen molar-refractivity contribution in [3.8, 4) is 0 Å². The number of benzene rings is 1. The fraction of sp³-hybridized carbons (Fsp3) is 0.579. The predicted molar refractivity (Wildman–Crippen MR) is 104 cm³/mol. The van der Waals surface area contributed by atoms with Crippen LogP contribution in [0.25, 0.3) is 0 Å². The Balaban J connectivity index is 2.00. The summed E-state index contributed by atoms with van der Waals surface area (Å²) in [7, 11) is 0. The summed E-state index contributed by atoms with van der Waals surface area (Å²) in [5.41, 5.74) is 5.15. The first kappa shape index (κ1) is 21.5. The molecule has 0 bridgehead atoms. The van der Waals surface area contributed by atoms with E-state index in [2.05, 4.69) is 5.32 Å². The van der Waals surface area contributed by atoms with Gasteiger partial charge in [0.05, 0.1) is 11.6 Å². The number of amides is 2. The number of carbonyl (C=O) groups excluding carboxylic acids is 1. The Kier molecular flexibility index (Phi) is 6.72. The van der Waals surface area contributed by atoms with Crippen LogP contribution in [0.1, 0.15) is 38.7 Å². The van der Waals surface area contributed by atoms with Crippen molar-refractivity contribution in [1.82, 2.24) is 10.2 Å². The average Bonchev–Trinajstić information content (AvgIpc) is 2.60. The number of nitrogens with zero attached hydrogens (tertiary/aromatic N) is 1. The molecule has 1 heterocycles. The Morgan fingerprint density at radius 1 is 1.33 bits per heavy atom. The molecule has 1 fully saturated rings. The zero-order chi connectivity index (χ0) is 20.2. The molecule has 2 rings (SSSR count). The normalized spacial score (nSPS) is 22.9. The summed E-state index contributed by atoms with van der Waals surface area (Å²) in [6.07, 6.45) is 0.206. The van der Waals surface area contributed by atoms with E-state index in [1.54, 1.807) is 17.0 Å². The molecule has 2 amide bonds. The largest absolute Gasteiger partial charge is 0.465 e. The second-order valence-electron chi connectivity index (χ2n) is 7.74. The molecule has 0 aliphatic carbocycles. The summed E-state index contributed by atoms with van der Waals surface area (Å²) in [6.45, 7) is 4.92. The van der Waals surface area contributed by atoms with Gasteiger partial charge >= 0.3 is 6.09 Å². The lowest BCUT2D eigenvalue weighted by Crippen LogP contribution is -2.59. The van der Waals surface area contributed by atoms with Crippen LogP contribution in [0, 0.1) is 5.41 Å². The maximum absolute atomic E-state index is 12.7. The van der Waals surface area contributed by atoms with Gasteiger partial charge in [-0.1, -0.05) is 37.6 Å². The van der Waals surface area contributed by atoms with Crippen molar-refractivity contribution in [3.63, 3.8) is 0 Å². The van der Waals surface area contributed by atoms with Crippen LogP contribution in [0.5, 0.6) is 0 Å². The van der Waals surface area contributed by atoms with Crippen LogP contribution in [-0.4, -0.2) is 52.8 Å². The van der Waals surface area contributed by atoms with Gasteiger partial charge < -0.3 is 26.2 Å². The fourth-order valence-electron chi connectivity index (χ4n) is 3.65. The van der Waals surface area contributed by atoms with Crippen molar-refractivity contribution in [2.75, 3.05) is 19.6 Å². The third kappa shape index (κ3) is 4.91. The highest BCUT2D eigenvalue weighted by Gasteiger charge is 2.49. The van der Waals surface area contributed by atoms with Gasteiger partial charge in [0.2, 0.25) is 5.91 Å². The zero-order valence-electron chi connectivity index (χ0n) is 15.7. The highest BCUT2D eigenvalue weighted by atomic mass is 35.5. The van der Waals surface area contributed by atoms with Crippen molar-refractivity contribution in [1.29, 1.82) is 0 Å². The quantitative estimate of drug-likeness (QED) is 0.549. The summed E-state index contributed by atoms with van der Waals surface area (Å²) >= 11 is 5.95. The third-order valence-electron chi connectivity index (χ3n) is 5.37. The first-order chi connectivity index (χ1) is 12.6. The van der Waals surface area contributed by atoms with Gasteiger partial charge in [-0.15, -0.1) is 0 Å². The molecule has 0 aromatic heterocycles. The number of halogens is 1. The lowest BCUT2D eigenvalue weighted by molar-refractivity contribution is -0.154. The Morgan fingerprint density at radius 2 is 1.96 bits per heavy atom. The van der Waals surface area contributed by atoms with E-state index in [4.69, 9.17) is 22.4 Å². The standard InChI is InChI=1S/C19H28ClN3O4/c1-18(2)12-23(16(24)15(21)4-3-10-22-17(25)26)11-9-19(18,27)13-5-7-14(20)8-6-13/h5-8,15,22,27H,3-4,9-12,21H2,1-2H3,(H,25,26). The molecule has 0 spiro atoms. The van der Waals surface area contributed by atoms with Gasteiger partial charge in [-0.3, -0.25) is 4.79 Å². The van der Waals surface area contributed by atoms with Crippen molar-refractivity contribution >= 4 is 23.6 Å². The number of piperidine rings is 1. The molecular formula is C19H28ClN3O4. The van der Waals surface area contributed by atoms with Gasteiger partial charge in [0.1, 0.15) is 0 Å². The average molecular weight is 398 g/mol. The van der Waals surface area contributed by atoms with E-state index >= 15 is 0 Å². The van der Waals surface area contributed by atoms with Crippen LogP contribution in [-0.2, 0) is 10.4 Å². The van der Waals surface area contributed by atoms with E-state index in [-0.39, 0.29) is 12.5 Å². The Labute approximate surface area is 164 Å². The van der Waals surface area contributed by atoms with Gasteiger partial charge in [-0.25, -0.2) is 4.79 Å². The fourth-order valence-corrected chi connectivity index (χ4v) is 3.77. The van der Waals surface area contributed by atoms with E-state index in [1.807, 2.05) is 26.0 Å². The summed E-state index contributed by atoms with van der Waals surface area (Å²) in [6, 6.07) is 6.47. The molecule has 2 unspecified atom stereocenters. The van der Waals surface area contributed by atoms with Crippen molar-refractivity contribution in [2.45, 2.75) is 44.8 Å². The van der Waals surface area contributed by atoms with E-state index in [1.165, 1.54) is 0 Å². The molecule has 1 aliphatic rings. The van der Waals surface area contributed by atoms with Gasteiger partial charge in [0.15, 0.2) is 0 Å². The van der Waals surface area contributed by atoms with E-state index in [0.717, 1.165) is 5.56 Å². The number of nitrogens with two attached hydrogens (primary N) is 1. The second kappa shape index (κ2) is 8.46. The zero-order valence-corrected chi connectivity index (χ0v) is 16.5. The molecule has 8 heteroatoms.